The number of nitrogens with one attached hydrogen (secondary N) is 3. The molecule has 1 aliphatic heterocycles. The van der Waals surface area contributed by atoms with Gasteiger partial charge in [0.1, 0.15) is 12.1 Å². The predicted molar refractivity (Wildman–Crippen MR) is 150 cm³/mol. The fourth-order valence-corrected chi connectivity index (χ4v) is 6.02. The Morgan fingerprint density at radius 2 is 1.62 bits per heavy atom. The first-order valence-electron chi connectivity index (χ1n) is 14.6. The molecule has 0 bridgehead atoms. The van der Waals surface area contributed by atoms with Crippen LogP contribution in [-0.2, 0) is 30.5 Å². The van der Waals surface area contributed by atoms with Crippen LogP contribution in [0.3, 0.4) is 0 Å². The van der Waals surface area contributed by atoms with Gasteiger partial charge in [0.05, 0.1) is 6.04 Å². The van der Waals surface area contributed by atoms with E-state index in [0.29, 0.717) is 18.9 Å². The second-order valence-corrected chi connectivity index (χ2v) is 13.0. The molecule has 1 aromatic carbocycles. The van der Waals surface area contributed by atoms with Crippen LogP contribution in [0.4, 0.5) is 0 Å². The van der Waals surface area contributed by atoms with E-state index >= 15 is 0 Å². The highest BCUT2D eigenvalue weighted by Crippen LogP contribution is 2.65. The molecule has 0 radical (unpaired) electrons. The zero-order valence-electron chi connectivity index (χ0n) is 24.5. The summed E-state index contributed by atoms with van der Waals surface area (Å²) in [5, 5.41) is 8.44. The van der Waals surface area contributed by atoms with Crippen molar-refractivity contribution in [3.8, 4) is 0 Å². The third-order valence-electron chi connectivity index (χ3n) is 8.93. The Morgan fingerprint density at radius 3 is 2.20 bits per heavy atom. The zero-order chi connectivity index (χ0) is 29.4. The standard InChI is InChI=1S/C31H44N4O5/c1-17(2)24(34-27(37)18(3)4)30(40)35-16-21-23(31(21,5)6)25(35)28(38)33-22(14-19-12-13-19)26(36)29(39)32-15-20-10-8-7-9-11-20/h7-11,17-19,21-25H,12-16H2,1-6H3,(H,32,39)(H,33,38)(H,34,37)/t21-,22?,23?,24-,25-/m0/s1. The van der Waals surface area contributed by atoms with Crippen LogP contribution in [0.1, 0.15) is 66.4 Å². The molecule has 9 nitrogen and oxygen atoms in total. The molecule has 0 aromatic heterocycles. The molecule has 2 unspecified atom stereocenters. The molecule has 2 saturated carbocycles. The average molecular weight is 553 g/mol. The Hall–Kier alpha value is -3.23. The van der Waals surface area contributed by atoms with Crippen LogP contribution in [0.25, 0.3) is 0 Å². The van der Waals surface area contributed by atoms with Crippen molar-refractivity contribution in [2.24, 2.45) is 35.0 Å². The molecular weight excluding hydrogens is 508 g/mol. The minimum Gasteiger partial charge on any atom is -0.345 e. The van der Waals surface area contributed by atoms with E-state index in [9.17, 15) is 24.0 Å². The highest BCUT2D eigenvalue weighted by atomic mass is 16.2. The van der Waals surface area contributed by atoms with Crippen molar-refractivity contribution in [1.82, 2.24) is 20.9 Å². The lowest BCUT2D eigenvalue weighted by Crippen LogP contribution is -2.59. The summed E-state index contributed by atoms with van der Waals surface area (Å²) in [6.45, 7) is 12.1. The number of benzene rings is 1. The number of ketones is 1. The van der Waals surface area contributed by atoms with Gasteiger partial charge in [0, 0.05) is 19.0 Å². The lowest BCUT2D eigenvalue weighted by molar-refractivity contribution is -0.145. The van der Waals surface area contributed by atoms with Gasteiger partial charge >= 0.3 is 0 Å². The molecule has 3 aliphatic rings. The van der Waals surface area contributed by atoms with Crippen LogP contribution >= 0.6 is 0 Å². The van der Waals surface area contributed by atoms with Gasteiger partial charge in [0.15, 0.2) is 0 Å². The Balaban J connectivity index is 1.49. The van der Waals surface area contributed by atoms with Crippen LogP contribution in [0, 0.1) is 35.0 Å². The first kappa shape index (κ1) is 29.7. The quantitative estimate of drug-likeness (QED) is 0.344. The molecule has 1 saturated heterocycles. The molecule has 4 amide bonds. The van der Waals surface area contributed by atoms with E-state index in [1.54, 1.807) is 18.7 Å². The van der Waals surface area contributed by atoms with E-state index in [4.69, 9.17) is 0 Å². The van der Waals surface area contributed by atoms with Crippen LogP contribution in [-0.4, -0.2) is 59.0 Å². The van der Waals surface area contributed by atoms with Crippen molar-refractivity contribution in [3.63, 3.8) is 0 Å². The Kier molecular flexibility index (Phi) is 8.71. The van der Waals surface area contributed by atoms with E-state index < -0.39 is 35.7 Å². The number of piperidine rings is 1. The van der Waals surface area contributed by atoms with Crippen molar-refractivity contribution in [3.05, 3.63) is 35.9 Å². The SMILES string of the molecule is CC(C)C(=O)N[C@H](C(=O)N1C[C@H]2C([C@H]1C(=O)NC(CC1CC1)C(=O)C(=O)NCc1ccccc1)C2(C)C)C(C)C. The van der Waals surface area contributed by atoms with Crippen molar-refractivity contribution in [1.29, 1.82) is 0 Å². The Bertz CT molecular complexity index is 1140. The van der Waals surface area contributed by atoms with Crippen LogP contribution in [0.15, 0.2) is 30.3 Å². The Morgan fingerprint density at radius 1 is 0.975 bits per heavy atom. The van der Waals surface area contributed by atoms with Gasteiger partial charge in [0.2, 0.25) is 23.5 Å². The van der Waals surface area contributed by atoms with Gasteiger partial charge in [-0.3, -0.25) is 24.0 Å². The predicted octanol–water partition coefficient (Wildman–Crippen LogP) is 2.44. The smallest absolute Gasteiger partial charge is 0.289 e. The summed E-state index contributed by atoms with van der Waals surface area (Å²) >= 11 is 0. The van der Waals surface area contributed by atoms with E-state index in [2.05, 4.69) is 29.8 Å². The topological polar surface area (TPSA) is 125 Å². The van der Waals surface area contributed by atoms with Crippen molar-refractivity contribution in [2.75, 3.05) is 6.54 Å². The third kappa shape index (κ3) is 6.39. The molecular formula is C31H44N4O5. The monoisotopic (exact) mass is 552 g/mol. The summed E-state index contributed by atoms with van der Waals surface area (Å²) in [7, 11) is 0. The minimum absolute atomic E-state index is 0.0475. The highest BCUT2D eigenvalue weighted by molar-refractivity contribution is 6.38. The lowest BCUT2D eigenvalue weighted by atomic mass is 9.96. The largest absolute Gasteiger partial charge is 0.345 e. The first-order valence-corrected chi connectivity index (χ1v) is 14.6. The molecule has 9 heteroatoms. The van der Waals surface area contributed by atoms with E-state index in [-0.39, 0.29) is 47.4 Å². The van der Waals surface area contributed by atoms with Crippen LogP contribution in [0.5, 0.6) is 0 Å². The molecule has 3 fully saturated rings. The van der Waals surface area contributed by atoms with Crippen molar-refractivity contribution < 1.29 is 24.0 Å². The molecule has 2 aliphatic carbocycles. The van der Waals surface area contributed by atoms with E-state index in [0.717, 1.165) is 18.4 Å². The summed E-state index contributed by atoms with van der Waals surface area (Å²) in [6, 6.07) is 6.86. The second kappa shape index (κ2) is 11.7. The Labute approximate surface area is 237 Å². The fourth-order valence-electron chi connectivity index (χ4n) is 6.02. The molecule has 4 rings (SSSR count). The van der Waals surface area contributed by atoms with Crippen LogP contribution < -0.4 is 16.0 Å². The van der Waals surface area contributed by atoms with Crippen molar-refractivity contribution in [2.45, 2.75) is 85.5 Å². The van der Waals surface area contributed by atoms with E-state index in [1.165, 1.54) is 0 Å². The van der Waals surface area contributed by atoms with Gasteiger partial charge in [-0.15, -0.1) is 0 Å². The summed E-state index contributed by atoms with van der Waals surface area (Å²) in [6.07, 6.45) is 2.33. The molecule has 1 aromatic rings. The number of hydrogen-bond acceptors (Lipinski definition) is 5. The average Bonchev–Trinajstić information content (AvgIpc) is 3.76. The van der Waals surface area contributed by atoms with Gasteiger partial charge in [-0.05, 0) is 41.1 Å². The zero-order valence-corrected chi connectivity index (χ0v) is 24.5. The summed E-state index contributed by atoms with van der Waals surface area (Å²) in [4.78, 5) is 67.7. The number of likely N-dealkylation sites (tertiary alicyclic amines) is 1. The summed E-state index contributed by atoms with van der Waals surface area (Å²) < 4.78 is 0. The van der Waals surface area contributed by atoms with Gasteiger partial charge in [-0.25, -0.2) is 0 Å². The number of carbonyl (C=O) groups is 5. The second-order valence-electron chi connectivity index (χ2n) is 13.0. The number of fused-ring (bicyclic) bond motifs is 1. The molecule has 5 atom stereocenters. The molecule has 0 spiro atoms. The number of carbonyl (C=O) groups excluding carboxylic acids is 5. The summed E-state index contributed by atoms with van der Waals surface area (Å²) in [5.41, 5.74) is 0.758. The molecule has 40 heavy (non-hydrogen) atoms. The number of nitrogens with zero attached hydrogens (tertiary/aromatic N) is 1. The van der Waals surface area contributed by atoms with Gasteiger partial charge in [0.25, 0.3) is 5.91 Å². The number of hydrogen-bond donors (Lipinski definition) is 3. The summed E-state index contributed by atoms with van der Waals surface area (Å²) in [5.74, 6) is -2.33. The van der Waals surface area contributed by atoms with Gasteiger partial charge in [-0.2, -0.15) is 0 Å². The number of amides is 4. The molecule has 218 valence electrons. The first-order chi connectivity index (χ1) is 18.8. The molecule has 1 heterocycles. The van der Waals surface area contributed by atoms with Crippen molar-refractivity contribution >= 4 is 29.4 Å². The maximum atomic E-state index is 13.9. The van der Waals surface area contributed by atoms with E-state index in [1.807, 2.05) is 44.2 Å². The number of Topliss-reactive ketones (excluding diaryl/α,β-unsaturated/α-hetero) is 1. The maximum absolute atomic E-state index is 13.9. The van der Waals surface area contributed by atoms with Gasteiger partial charge < -0.3 is 20.9 Å². The normalized spacial score (nSPS) is 24.2. The molecule has 3 N–H and O–H groups in total. The third-order valence-corrected chi connectivity index (χ3v) is 8.93. The maximum Gasteiger partial charge on any atom is 0.289 e. The number of rotatable bonds is 12. The van der Waals surface area contributed by atoms with Gasteiger partial charge in [-0.1, -0.05) is 84.7 Å². The highest BCUT2D eigenvalue weighted by Gasteiger charge is 2.69. The fraction of sp³-hybridized carbons (Fsp3) is 0.645. The minimum atomic E-state index is -0.949. The lowest BCUT2D eigenvalue weighted by Gasteiger charge is -2.35. The van der Waals surface area contributed by atoms with Crippen LogP contribution in [0.2, 0.25) is 0 Å².